The minimum Gasteiger partial charge on any atom is -0.336 e. The molecule has 1 unspecified atom stereocenters. The van der Waals surface area contributed by atoms with Gasteiger partial charge in [0.15, 0.2) is 0 Å². The van der Waals surface area contributed by atoms with Crippen molar-refractivity contribution in [2.45, 2.75) is 33.2 Å². The molecule has 4 heteroatoms. The molecule has 0 radical (unpaired) electrons. The molecule has 2 nitrogen and oxygen atoms in total. The molecule has 0 saturated carbocycles. The van der Waals surface area contributed by atoms with Gasteiger partial charge in [0.25, 0.3) is 0 Å². The highest BCUT2D eigenvalue weighted by Gasteiger charge is 2.08. The molecule has 0 spiro atoms. The molecule has 0 aromatic carbocycles. The van der Waals surface area contributed by atoms with E-state index in [9.17, 15) is 0 Å². The van der Waals surface area contributed by atoms with Gasteiger partial charge in [-0.2, -0.15) is 0 Å². The van der Waals surface area contributed by atoms with Crippen LogP contribution in [0.25, 0.3) is 0 Å². The average Bonchev–Trinajstić information content (AvgIpc) is 2.47. The van der Waals surface area contributed by atoms with Crippen LogP contribution in [-0.2, 0) is 13.6 Å². The fourth-order valence-electron chi connectivity index (χ4n) is 1.80. The Morgan fingerprint density at radius 1 is 1.44 bits per heavy atom. The molecule has 1 aromatic rings. The van der Waals surface area contributed by atoms with E-state index in [0.717, 1.165) is 24.7 Å². The SMILES string of the molecule is CCCC(C)CNCc1cc(Cl)c(Cl)n1C. The van der Waals surface area contributed by atoms with Crippen LogP contribution in [0.4, 0.5) is 0 Å². The van der Waals surface area contributed by atoms with E-state index >= 15 is 0 Å². The van der Waals surface area contributed by atoms with Crippen molar-refractivity contribution in [3.63, 3.8) is 0 Å². The number of nitrogens with one attached hydrogen (secondary N) is 1. The first-order valence-electron chi connectivity index (χ1n) is 5.76. The van der Waals surface area contributed by atoms with Crippen LogP contribution in [0.2, 0.25) is 10.2 Å². The summed E-state index contributed by atoms with van der Waals surface area (Å²) in [4.78, 5) is 0. The zero-order valence-electron chi connectivity index (χ0n) is 10.2. The molecule has 0 saturated heterocycles. The topological polar surface area (TPSA) is 17.0 Å². The van der Waals surface area contributed by atoms with Gasteiger partial charge in [-0.3, -0.25) is 0 Å². The molecule has 0 aliphatic carbocycles. The number of hydrogen-bond donors (Lipinski definition) is 1. The molecule has 1 rings (SSSR count). The zero-order valence-corrected chi connectivity index (χ0v) is 11.7. The molecular weight excluding hydrogens is 243 g/mol. The monoisotopic (exact) mass is 262 g/mol. The lowest BCUT2D eigenvalue weighted by Crippen LogP contribution is -2.21. The van der Waals surface area contributed by atoms with Gasteiger partial charge in [-0.05, 0) is 24.9 Å². The third-order valence-corrected chi connectivity index (χ3v) is 3.64. The number of halogens is 2. The van der Waals surface area contributed by atoms with Crippen LogP contribution in [0, 0.1) is 5.92 Å². The summed E-state index contributed by atoms with van der Waals surface area (Å²) in [5.41, 5.74) is 1.12. The highest BCUT2D eigenvalue weighted by molar-refractivity contribution is 6.41. The molecule has 0 bridgehead atoms. The van der Waals surface area contributed by atoms with Gasteiger partial charge in [0.05, 0.1) is 5.02 Å². The molecule has 1 atom stereocenters. The van der Waals surface area contributed by atoms with Crippen LogP contribution in [0.15, 0.2) is 6.07 Å². The summed E-state index contributed by atoms with van der Waals surface area (Å²) < 4.78 is 1.92. The van der Waals surface area contributed by atoms with Crippen molar-refractivity contribution in [1.82, 2.24) is 9.88 Å². The fourth-order valence-corrected chi connectivity index (χ4v) is 2.22. The summed E-state index contributed by atoms with van der Waals surface area (Å²) in [7, 11) is 1.93. The summed E-state index contributed by atoms with van der Waals surface area (Å²) >= 11 is 11.9. The van der Waals surface area contributed by atoms with Gasteiger partial charge in [0.2, 0.25) is 0 Å². The van der Waals surface area contributed by atoms with Gasteiger partial charge in [-0.1, -0.05) is 43.5 Å². The van der Waals surface area contributed by atoms with Crippen molar-refractivity contribution in [2.75, 3.05) is 6.54 Å². The summed E-state index contributed by atoms with van der Waals surface area (Å²) in [6, 6.07) is 1.92. The summed E-state index contributed by atoms with van der Waals surface area (Å²) in [6.07, 6.45) is 2.51. The Balaban J connectivity index is 2.40. The first-order valence-corrected chi connectivity index (χ1v) is 6.52. The molecule has 0 aliphatic heterocycles. The standard InChI is InChI=1S/C12H20Cl2N2/c1-4-5-9(2)7-15-8-10-6-11(13)12(14)16(10)3/h6,9,15H,4-5,7-8H2,1-3H3. The molecule has 1 aromatic heterocycles. The Bertz CT molecular complexity index is 334. The van der Waals surface area contributed by atoms with Crippen LogP contribution in [0.1, 0.15) is 32.4 Å². The van der Waals surface area contributed by atoms with Gasteiger partial charge in [-0.25, -0.2) is 0 Å². The molecule has 92 valence electrons. The maximum atomic E-state index is 5.99. The minimum atomic E-state index is 0.611. The highest BCUT2D eigenvalue weighted by atomic mass is 35.5. The normalized spacial score (nSPS) is 13.1. The largest absolute Gasteiger partial charge is 0.336 e. The molecule has 1 N–H and O–H groups in total. The van der Waals surface area contributed by atoms with E-state index in [2.05, 4.69) is 19.2 Å². The molecule has 0 amide bonds. The van der Waals surface area contributed by atoms with Crippen molar-refractivity contribution >= 4 is 23.2 Å². The van der Waals surface area contributed by atoms with E-state index in [4.69, 9.17) is 23.2 Å². The predicted molar refractivity (Wildman–Crippen MR) is 71.2 cm³/mol. The second-order valence-electron chi connectivity index (χ2n) is 4.36. The first kappa shape index (κ1) is 13.9. The predicted octanol–water partition coefficient (Wildman–Crippen LogP) is 3.86. The molecule has 16 heavy (non-hydrogen) atoms. The second-order valence-corrected chi connectivity index (χ2v) is 5.12. The van der Waals surface area contributed by atoms with E-state index in [0.29, 0.717) is 10.2 Å². The lowest BCUT2D eigenvalue weighted by atomic mass is 10.1. The van der Waals surface area contributed by atoms with Crippen molar-refractivity contribution in [3.05, 3.63) is 21.9 Å². The number of nitrogens with zero attached hydrogens (tertiary/aromatic N) is 1. The van der Waals surface area contributed by atoms with Crippen LogP contribution < -0.4 is 5.32 Å². The summed E-state index contributed by atoms with van der Waals surface area (Å²) in [5.74, 6) is 0.719. The van der Waals surface area contributed by atoms with E-state index in [1.807, 2.05) is 17.7 Å². The number of rotatable bonds is 6. The van der Waals surface area contributed by atoms with Crippen molar-refractivity contribution in [2.24, 2.45) is 13.0 Å². The molecular formula is C12H20Cl2N2. The minimum absolute atomic E-state index is 0.611. The van der Waals surface area contributed by atoms with E-state index in [1.54, 1.807) is 0 Å². The van der Waals surface area contributed by atoms with E-state index in [-0.39, 0.29) is 0 Å². The molecule has 0 fully saturated rings. The van der Waals surface area contributed by atoms with Gasteiger partial charge in [0, 0.05) is 19.3 Å². The Hall–Kier alpha value is -0.180. The lowest BCUT2D eigenvalue weighted by Gasteiger charge is -2.11. The van der Waals surface area contributed by atoms with Crippen LogP contribution in [-0.4, -0.2) is 11.1 Å². The Kier molecular flexibility index (Phi) is 5.67. The van der Waals surface area contributed by atoms with Gasteiger partial charge < -0.3 is 9.88 Å². The Labute approximate surface area is 108 Å². The van der Waals surface area contributed by atoms with Crippen molar-refractivity contribution in [3.8, 4) is 0 Å². The van der Waals surface area contributed by atoms with Gasteiger partial charge in [0.1, 0.15) is 5.15 Å². The van der Waals surface area contributed by atoms with Crippen LogP contribution in [0.3, 0.4) is 0 Å². The maximum Gasteiger partial charge on any atom is 0.127 e. The van der Waals surface area contributed by atoms with E-state index in [1.165, 1.54) is 12.8 Å². The Morgan fingerprint density at radius 3 is 2.62 bits per heavy atom. The van der Waals surface area contributed by atoms with Crippen molar-refractivity contribution in [1.29, 1.82) is 0 Å². The highest BCUT2D eigenvalue weighted by Crippen LogP contribution is 2.24. The van der Waals surface area contributed by atoms with Crippen LogP contribution in [0.5, 0.6) is 0 Å². The van der Waals surface area contributed by atoms with Crippen LogP contribution >= 0.6 is 23.2 Å². The maximum absolute atomic E-state index is 5.99. The molecule has 1 heterocycles. The lowest BCUT2D eigenvalue weighted by molar-refractivity contribution is 0.471. The Morgan fingerprint density at radius 2 is 2.12 bits per heavy atom. The number of aromatic nitrogens is 1. The fraction of sp³-hybridized carbons (Fsp3) is 0.667. The van der Waals surface area contributed by atoms with Crippen molar-refractivity contribution < 1.29 is 0 Å². The molecule has 0 aliphatic rings. The smallest absolute Gasteiger partial charge is 0.127 e. The average molecular weight is 263 g/mol. The van der Waals surface area contributed by atoms with Gasteiger partial charge >= 0.3 is 0 Å². The number of hydrogen-bond acceptors (Lipinski definition) is 1. The summed E-state index contributed by atoms with van der Waals surface area (Å²) in [5, 5.41) is 4.67. The summed E-state index contributed by atoms with van der Waals surface area (Å²) in [6.45, 7) is 6.33. The first-order chi connectivity index (χ1) is 7.56. The second kappa shape index (κ2) is 6.53. The third kappa shape index (κ3) is 3.69. The van der Waals surface area contributed by atoms with Gasteiger partial charge in [-0.15, -0.1) is 0 Å². The van der Waals surface area contributed by atoms with E-state index < -0.39 is 0 Å². The zero-order chi connectivity index (χ0) is 12.1. The third-order valence-electron chi connectivity index (χ3n) is 2.80. The quantitative estimate of drug-likeness (QED) is 0.824.